The van der Waals surface area contributed by atoms with E-state index in [-0.39, 0.29) is 12.4 Å². The summed E-state index contributed by atoms with van der Waals surface area (Å²) >= 11 is 0. The molecule has 0 radical (unpaired) electrons. The van der Waals surface area contributed by atoms with Crippen LogP contribution in [0.5, 0.6) is 17.2 Å². The SMILES string of the molecule is Cc1ccc(O)c(/C=N/NC(=O)[C@@H]2COc3ccccc3O2)c1. The molecule has 6 heteroatoms. The number of aromatic hydroxyl groups is 1. The topological polar surface area (TPSA) is 80.2 Å². The lowest BCUT2D eigenvalue weighted by Gasteiger charge is -2.24. The Kier molecular flexibility index (Phi) is 4.14. The average molecular weight is 312 g/mol. The fourth-order valence-corrected chi connectivity index (χ4v) is 2.16. The lowest BCUT2D eigenvalue weighted by molar-refractivity contribution is -0.130. The van der Waals surface area contributed by atoms with Gasteiger partial charge in [0.2, 0.25) is 6.10 Å². The summed E-state index contributed by atoms with van der Waals surface area (Å²) in [7, 11) is 0. The third kappa shape index (κ3) is 3.42. The number of phenols is 1. The van der Waals surface area contributed by atoms with Crippen LogP contribution in [0.4, 0.5) is 0 Å². The van der Waals surface area contributed by atoms with Gasteiger partial charge in [0, 0.05) is 5.56 Å². The van der Waals surface area contributed by atoms with Crippen LogP contribution in [-0.4, -0.2) is 29.9 Å². The summed E-state index contributed by atoms with van der Waals surface area (Å²) in [5.41, 5.74) is 3.90. The Morgan fingerprint density at radius 3 is 2.91 bits per heavy atom. The van der Waals surface area contributed by atoms with Gasteiger partial charge >= 0.3 is 0 Å². The molecule has 1 aliphatic rings. The number of para-hydroxylation sites is 2. The van der Waals surface area contributed by atoms with Crippen LogP contribution in [0.3, 0.4) is 0 Å². The summed E-state index contributed by atoms with van der Waals surface area (Å²) in [4.78, 5) is 12.1. The van der Waals surface area contributed by atoms with Crippen molar-refractivity contribution in [2.24, 2.45) is 5.10 Å². The Morgan fingerprint density at radius 2 is 2.09 bits per heavy atom. The standard InChI is InChI=1S/C17H16N2O4/c1-11-6-7-13(20)12(8-11)9-18-19-17(21)16-10-22-14-4-2-3-5-15(14)23-16/h2-9,16,20H,10H2,1H3,(H,19,21)/b18-9+/t16-/m0/s1. The summed E-state index contributed by atoms with van der Waals surface area (Å²) in [6.45, 7) is 2.02. The number of carbonyl (C=O) groups excluding carboxylic acids is 1. The minimum absolute atomic E-state index is 0.0970. The van der Waals surface area contributed by atoms with Gasteiger partial charge in [0.25, 0.3) is 5.91 Å². The number of hydrogen-bond acceptors (Lipinski definition) is 5. The molecule has 2 N–H and O–H groups in total. The molecule has 0 aliphatic carbocycles. The lowest BCUT2D eigenvalue weighted by Crippen LogP contribution is -2.42. The number of rotatable bonds is 3. The predicted molar refractivity (Wildman–Crippen MR) is 84.9 cm³/mol. The Morgan fingerprint density at radius 1 is 1.30 bits per heavy atom. The van der Waals surface area contributed by atoms with Gasteiger partial charge in [0.1, 0.15) is 12.4 Å². The molecule has 0 unspecified atom stereocenters. The van der Waals surface area contributed by atoms with Crippen molar-refractivity contribution >= 4 is 12.1 Å². The van der Waals surface area contributed by atoms with Crippen molar-refractivity contribution in [3.8, 4) is 17.2 Å². The second-order valence-corrected chi connectivity index (χ2v) is 5.16. The number of phenolic OH excluding ortho intramolecular Hbond substituents is 1. The smallest absolute Gasteiger partial charge is 0.284 e. The number of amides is 1. The van der Waals surface area contributed by atoms with E-state index in [2.05, 4.69) is 10.5 Å². The number of benzene rings is 2. The fraction of sp³-hybridized carbons (Fsp3) is 0.176. The fourth-order valence-electron chi connectivity index (χ4n) is 2.16. The van der Waals surface area contributed by atoms with Gasteiger partial charge in [-0.15, -0.1) is 0 Å². The molecule has 0 saturated carbocycles. The second kappa shape index (κ2) is 6.39. The van der Waals surface area contributed by atoms with Crippen molar-refractivity contribution in [1.82, 2.24) is 5.43 Å². The van der Waals surface area contributed by atoms with E-state index in [1.165, 1.54) is 6.21 Å². The maximum atomic E-state index is 12.1. The Balaban J connectivity index is 1.62. The molecular weight excluding hydrogens is 296 g/mol. The van der Waals surface area contributed by atoms with E-state index in [0.29, 0.717) is 17.1 Å². The predicted octanol–water partition coefficient (Wildman–Crippen LogP) is 1.99. The zero-order chi connectivity index (χ0) is 16.2. The summed E-state index contributed by atoms with van der Waals surface area (Å²) in [5, 5.41) is 13.6. The summed E-state index contributed by atoms with van der Waals surface area (Å²) in [6.07, 6.45) is 0.617. The number of nitrogens with zero attached hydrogens (tertiary/aromatic N) is 1. The molecule has 6 nitrogen and oxygen atoms in total. The summed E-state index contributed by atoms with van der Waals surface area (Å²) in [6, 6.07) is 12.3. The van der Waals surface area contributed by atoms with Gasteiger partial charge in [0.05, 0.1) is 6.21 Å². The molecule has 0 fully saturated rings. The van der Waals surface area contributed by atoms with Crippen LogP contribution >= 0.6 is 0 Å². The number of carbonyl (C=O) groups is 1. The van der Waals surface area contributed by atoms with E-state index in [9.17, 15) is 9.90 Å². The number of nitrogens with one attached hydrogen (secondary N) is 1. The zero-order valence-electron chi connectivity index (χ0n) is 12.5. The molecule has 1 amide bonds. The van der Waals surface area contributed by atoms with E-state index in [4.69, 9.17) is 9.47 Å². The van der Waals surface area contributed by atoms with Crippen LogP contribution in [0.25, 0.3) is 0 Å². The van der Waals surface area contributed by atoms with E-state index >= 15 is 0 Å². The van der Waals surface area contributed by atoms with E-state index in [1.807, 2.05) is 13.0 Å². The first-order chi connectivity index (χ1) is 11.1. The highest BCUT2D eigenvalue weighted by Gasteiger charge is 2.26. The molecule has 1 aliphatic heterocycles. The quantitative estimate of drug-likeness (QED) is 0.671. The molecule has 118 valence electrons. The van der Waals surface area contributed by atoms with Crippen LogP contribution in [0.2, 0.25) is 0 Å². The molecule has 0 bridgehead atoms. The van der Waals surface area contributed by atoms with Crippen molar-refractivity contribution in [2.75, 3.05) is 6.61 Å². The first-order valence-corrected chi connectivity index (χ1v) is 7.14. The van der Waals surface area contributed by atoms with Crippen LogP contribution < -0.4 is 14.9 Å². The first-order valence-electron chi connectivity index (χ1n) is 7.14. The molecule has 0 aromatic heterocycles. The van der Waals surface area contributed by atoms with E-state index < -0.39 is 12.0 Å². The van der Waals surface area contributed by atoms with Crippen LogP contribution in [0.1, 0.15) is 11.1 Å². The third-order valence-corrected chi connectivity index (χ3v) is 3.36. The molecule has 3 rings (SSSR count). The minimum Gasteiger partial charge on any atom is -0.507 e. The summed E-state index contributed by atoms with van der Waals surface area (Å²) in [5.74, 6) is 0.826. The zero-order valence-corrected chi connectivity index (χ0v) is 12.5. The van der Waals surface area contributed by atoms with Gasteiger partial charge in [0.15, 0.2) is 11.5 Å². The molecule has 2 aromatic rings. The maximum absolute atomic E-state index is 12.1. The van der Waals surface area contributed by atoms with Crippen molar-refractivity contribution < 1.29 is 19.4 Å². The highest BCUT2D eigenvalue weighted by molar-refractivity contribution is 5.86. The number of hydrazone groups is 1. The highest BCUT2D eigenvalue weighted by Crippen LogP contribution is 2.30. The molecule has 2 aromatic carbocycles. The minimum atomic E-state index is -0.770. The van der Waals surface area contributed by atoms with Gasteiger partial charge in [-0.2, -0.15) is 5.10 Å². The monoisotopic (exact) mass is 312 g/mol. The number of ether oxygens (including phenoxy) is 2. The van der Waals surface area contributed by atoms with Gasteiger partial charge in [-0.1, -0.05) is 23.8 Å². The Hall–Kier alpha value is -3.02. The maximum Gasteiger partial charge on any atom is 0.284 e. The van der Waals surface area contributed by atoms with Gasteiger partial charge in [-0.05, 0) is 31.2 Å². The number of fused-ring (bicyclic) bond motifs is 1. The molecule has 23 heavy (non-hydrogen) atoms. The Bertz CT molecular complexity index is 758. The van der Waals surface area contributed by atoms with Crippen molar-refractivity contribution in [3.05, 3.63) is 53.6 Å². The van der Waals surface area contributed by atoms with Gasteiger partial charge in [-0.3, -0.25) is 4.79 Å². The molecular formula is C17H16N2O4. The molecule has 1 atom stereocenters. The van der Waals surface area contributed by atoms with Crippen molar-refractivity contribution in [1.29, 1.82) is 0 Å². The normalized spacial score (nSPS) is 16.3. The summed E-state index contributed by atoms with van der Waals surface area (Å²) < 4.78 is 11.1. The first kappa shape index (κ1) is 14.9. The average Bonchev–Trinajstić information content (AvgIpc) is 2.57. The number of aryl methyl sites for hydroxylation is 1. The van der Waals surface area contributed by atoms with Crippen LogP contribution in [0, 0.1) is 6.92 Å². The molecule has 1 heterocycles. The van der Waals surface area contributed by atoms with Crippen LogP contribution in [0.15, 0.2) is 47.6 Å². The number of hydrogen-bond donors (Lipinski definition) is 2. The third-order valence-electron chi connectivity index (χ3n) is 3.36. The van der Waals surface area contributed by atoms with Gasteiger partial charge in [-0.25, -0.2) is 5.43 Å². The van der Waals surface area contributed by atoms with Crippen LogP contribution in [-0.2, 0) is 4.79 Å². The van der Waals surface area contributed by atoms with Crippen molar-refractivity contribution in [3.63, 3.8) is 0 Å². The molecule has 0 saturated heterocycles. The van der Waals surface area contributed by atoms with Crippen molar-refractivity contribution in [2.45, 2.75) is 13.0 Å². The second-order valence-electron chi connectivity index (χ2n) is 5.16. The lowest BCUT2D eigenvalue weighted by atomic mass is 10.1. The van der Waals surface area contributed by atoms with E-state index in [1.54, 1.807) is 36.4 Å². The largest absolute Gasteiger partial charge is 0.507 e. The van der Waals surface area contributed by atoms with Gasteiger partial charge < -0.3 is 14.6 Å². The highest BCUT2D eigenvalue weighted by atomic mass is 16.6. The molecule has 0 spiro atoms. The van der Waals surface area contributed by atoms with E-state index in [0.717, 1.165) is 5.56 Å². The Labute approximate surface area is 133 Å².